The fourth-order valence-corrected chi connectivity index (χ4v) is 4.48. The lowest BCUT2D eigenvalue weighted by molar-refractivity contribution is -0.914. The van der Waals surface area contributed by atoms with Gasteiger partial charge in [0, 0.05) is 16.5 Å². The van der Waals surface area contributed by atoms with Crippen LogP contribution in [-0.4, -0.2) is 42.3 Å². The predicted octanol–water partition coefficient (Wildman–Crippen LogP) is 3.99. The van der Waals surface area contributed by atoms with Crippen LogP contribution in [0.15, 0.2) is 78.9 Å². The van der Waals surface area contributed by atoms with Crippen LogP contribution in [-0.2, 0) is 6.54 Å². The number of piperazine rings is 1. The molecule has 0 bridgehead atoms. The molecule has 5 heteroatoms. The second-order valence-corrected chi connectivity index (χ2v) is 8.98. The van der Waals surface area contributed by atoms with Crippen LogP contribution >= 0.6 is 0 Å². The SMILES string of the molecule is CC(C)Oc1ccc(-c2nc(N3CC[NH+](Cc4ccccc4)CC3)c3ccccc3n2)cc1. The van der Waals surface area contributed by atoms with Gasteiger partial charge in [0.15, 0.2) is 5.82 Å². The Balaban J connectivity index is 1.39. The molecule has 3 aromatic carbocycles. The van der Waals surface area contributed by atoms with Gasteiger partial charge < -0.3 is 14.5 Å². The molecule has 1 aliphatic heterocycles. The van der Waals surface area contributed by atoms with E-state index in [0.29, 0.717) is 0 Å². The van der Waals surface area contributed by atoms with E-state index in [4.69, 9.17) is 14.7 Å². The highest BCUT2D eigenvalue weighted by atomic mass is 16.5. The lowest BCUT2D eigenvalue weighted by atomic mass is 10.1. The largest absolute Gasteiger partial charge is 0.491 e. The number of benzene rings is 3. The predicted molar refractivity (Wildman–Crippen MR) is 134 cm³/mol. The number of fused-ring (bicyclic) bond motifs is 1. The quantitative estimate of drug-likeness (QED) is 0.493. The molecule has 1 N–H and O–H groups in total. The molecule has 1 fully saturated rings. The van der Waals surface area contributed by atoms with Gasteiger partial charge in [-0.3, -0.25) is 0 Å². The maximum Gasteiger partial charge on any atom is 0.162 e. The van der Waals surface area contributed by atoms with Crippen molar-refractivity contribution in [2.75, 3.05) is 31.1 Å². The number of hydrogen-bond donors (Lipinski definition) is 1. The molecule has 4 aromatic rings. The second-order valence-electron chi connectivity index (χ2n) is 8.98. The normalized spacial score (nSPS) is 14.7. The zero-order chi connectivity index (χ0) is 22.6. The fraction of sp³-hybridized carbons (Fsp3) is 0.286. The maximum atomic E-state index is 5.80. The topological polar surface area (TPSA) is 42.7 Å². The molecule has 33 heavy (non-hydrogen) atoms. The van der Waals surface area contributed by atoms with Crippen molar-refractivity contribution in [1.82, 2.24) is 9.97 Å². The van der Waals surface area contributed by atoms with Gasteiger partial charge in [-0.25, -0.2) is 9.97 Å². The average Bonchev–Trinajstić information content (AvgIpc) is 2.85. The number of para-hydroxylation sites is 1. The zero-order valence-corrected chi connectivity index (χ0v) is 19.4. The van der Waals surface area contributed by atoms with E-state index in [2.05, 4.69) is 53.4 Å². The van der Waals surface area contributed by atoms with Crippen molar-refractivity contribution in [3.63, 3.8) is 0 Å². The molecule has 0 amide bonds. The van der Waals surface area contributed by atoms with Crippen LogP contribution in [0.2, 0.25) is 0 Å². The molecule has 0 saturated carbocycles. The molecule has 0 aliphatic carbocycles. The van der Waals surface area contributed by atoms with E-state index < -0.39 is 0 Å². The van der Waals surface area contributed by atoms with Crippen LogP contribution in [0, 0.1) is 0 Å². The van der Waals surface area contributed by atoms with Crippen LogP contribution in [0.25, 0.3) is 22.3 Å². The molecule has 5 rings (SSSR count). The summed E-state index contributed by atoms with van der Waals surface area (Å²) in [6, 6.07) is 27.2. The first kappa shape index (κ1) is 21.4. The average molecular weight is 440 g/mol. The van der Waals surface area contributed by atoms with Gasteiger partial charge in [-0.1, -0.05) is 42.5 Å². The summed E-state index contributed by atoms with van der Waals surface area (Å²) in [4.78, 5) is 14.0. The minimum atomic E-state index is 0.155. The minimum absolute atomic E-state index is 0.155. The lowest BCUT2D eigenvalue weighted by Gasteiger charge is -2.33. The molecule has 1 saturated heterocycles. The first-order valence-electron chi connectivity index (χ1n) is 11.8. The summed E-state index contributed by atoms with van der Waals surface area (Å²) < 4.78 is 5.80. The first-order valence-corrected chi connectivity index (χ1v) is 11.8. The molecule has 168 valence electrons. The van der Waals surface area contributed by atoms with Crippen molar-refractivity contribution in [1.29, 1.82) is 0 Å². The Morgan fingerprint density at radius 3 is 2.27 bits per heavy atom. The van der Waals surface area contributed by atoms with Crippen LogP contribution < -0.4 is 14.5 Å². The van der Waals surface area contributed by atoms with Crippen LogP contribution in [0.4, 0.5) is 5.82 Å². The highest BCUT2D eigenvalue weighted by Crippen LogP contribution is 2.28. The Kier molecular flexibility index (Phi) is 6.22. The number of anilines is 1. The van der Waals surface area contributed by atoms with Crippen molar-refractivity contribution in [3.05, 3.63) is 84.4 Å². The fourth-order valence-electron chi connectivity index (χ4n) is 4.48. The van der Waals surface area contributed by atoms with E-state index in [9.17, 15) is 0 Å². The van der Waals surface area contributed by atoms with Gasteiger partial charge in [0.05, 0.1) is 37.8 Å². The van der Waals surface area contributed by atoms with Gasteiger partial charge in [0.1, 0.15) is 18.1 Å². The Bertz CT molecular complexity index is 1200. The smallest absolute Gasteiger partial charge is 0.162 e. The number of aromatic nitrogens is 2. The highest BCUT2D eigenvalue weighted by molar-refractivity contribution is 5.91. The van der Waals surface area contributed by atoms with E-state index in [-0.39, 0.29) is 6.10 Å². The third-order valence-corrected chi connectivity index (χ3v) is 6.13. The third-order valence-electron chi connectivity index (χ3n) is 6.13. The van der Waals surface area contributed by atoms with E-state index in [1.165, 1.54) is 5.56 Å². The maximum absolute atomic E-state index is 5.80. The van der Waals surface area contributed by atoms with Crippen molar-refractivity contribution in [2.45, 2.75) is 26.5 Å². The second kappa shape index (κ2) is 9.59. The highest BCUT2D eigenvalue weighted by Gasteiger charge is 2.23. The molecule has 0 unspecified atom stereocenters. The Morgan fingerprint density at radius 1 is 0.848 bits per heavy atom. The van der Waals surface area contributed by atoms with E-state index >= 15 is 0 Å². The molecular formula is C28H31N4O+. The van der Waals surface area contributed by atoms with E-state index in [1.54, 1.807) is 4.90 Å². The molecule has 1 aromatic heterocycles. The monoisotopic (exact) mass is 439 g/mol. The zero-order valence-electron chi connectivity index (χ0n) is 19.4. The van der Waals surface area contributed by atoms with Gasteiger partial charge in [0.2, 0.25) is 0 Å². The number of rotatable bonds is 6. The van der Waals surface area contributed by atoms with E-state index in [0.717, 1.165) is 66.6 Å². The third kappa shape index (κ3) is 4.99. The van der Waals surface area contributed by atoms with Crippen LogP contribution in [0.5, 0.6) is 5.75 Å². The Morgan fingerprint density at radius 2 is 1.55 bits per heavy atom. The molecule has 0 atom stereocenters. The molecule has 2 heterocycles. The Hall–Kier alpha value is -3.44. The molecule has 5 nitrogen and oxygen atoms in total. The number of nitrogens with one attached hydrogen (secondary N) is 1. The van der Waals surface area contributed by atoms with Gasteiger partial charge in [0.25, 0.3) is 0 Å². The summed E-state index contributed by atoms with van der Waals surface area (Å²) in [5, 5.41) is 1.12. The van der Waals surface area contributed by atoms with Gasteiger partial charge in [-0.15, -0.1) is 0 Å². The summed E-state index contributed by atoms with van der Waals surface area (Å²) in [6.07, 6.45) is 0.155. The van der Waals surface area contributed by atoms with Gasteiger partial charge in [-0.2, -0.15) is 0 Å². The van der Waals surface area contributed by atoms with Crippen molar-refractivity contribution < 1.29 is 9.64 Å². The standard InChI is InChI=1S/C28H30N4O/c1-21(2)33-24-14-12-23(13-15-24)27-29-26-11-7-6-10-25(26)28(30-27)32-18-16-31(17-19-32)20-22-8-4-3-5-9-22/h3-15,21H,16-20H2,1-2H3/p+1. The number of ether oxygens (including phenoxy) is 1. The summed E-state index contributed by atoms with van der Waals surface area (Å²) in [6.45, 7) is 9.33. The van der Waals surface area contributed by atoms with E-state index in [1.807, 2.05) is 44.2 Å². The number of quaternary nitrogens is 1. The molecule has 0 spiro atoms. The van der Waals surface area contributed by atoms with Crippen molar-refractivity contribution >= 4 is 16.7 Å². The van der Waals surface area contributed by atoms with Gasteiger partial charge >= 0.3 is 0 Å². The molecule has 0 radical (unpaired) electrons. The molecule has 1 aliphatic rings. The summed E-state index contributed by atoms with van der Waals surface area (Å²) in [5.41, 5.74) is 3.39. The van der Waals surface area contributed by atoms with Gasteiger partial charge in [-0.05, 0) is 50.2 Å². The van der Waals surface area contributed by atoms with Crippen molar-refractivity contribution in [2.24, 2.45) is 0 Å². The summed E-state index contributed by atoms with van der Waals surface area (Å²) >= 11 is 0. The lowest BCUT2D eigenvalue weighted by Crippen LogP contribution is -3.13. The van der Waals surface area contributed by atoms with Crippen molar-refractivity contribution in [3.8, 4) is 17.1 Å². The Labute approximate surface area is 195 Å². The first-order chi connectivity index (χ1) is 16.2. The summed E-state index contributed by atoms with van der Waals surface area (Å²) in [7, 11) is 0. The molecular weight excluding hydrogens is 408 g/mol. The summed E-state index contributed by atoms with van der Waals surface area (Å²) in [5.74, 6) is 2.67. The van der Waals surface area contributed by atoms with Crippen LogP contribution in [0.3, 0.4) is 0 Å². The minimum Gasteiger partial charge on any atom is -0.491 e. The number of hydrogen-bond acceptors (Lipinski definition) is 4. The van der Waals surface area contributed by atoms with Crippen LogP contribution in [0.1, 0.15) is 19.4 Å². The number of nitrogens with zero attached hydrogens (tertiary/aromatic N) is 3.